The smallest absolute Gasteiger partial charge is 0.313 e. The van der Waals surface area contributed by atoms with Gasteiger partial charge in [-0.3, -0.25) is 4.79 Å². The Bertz CT molecular complexity index is 197. The van der Waals surface area contributed by atoms with Crippen LogP contribution < -0.4 is 5.73 Å². The van der Waals surface area contributed by atoms with Crippen molar-refractivity contribution >= 4 is 5.97 Å². The van der Waals surface area contributed by atoms with Crippen LogP contribution in [0.5, 0.6) is 0 Å². The SMILES string of the molecule is CCCC1CC(CN)(C(=O)OCC)C1. The van der Waals surface area contributed by atoms with Crippen LogP contribution in [0.1, 0.15) is 39.5 Å². The minimum atomic E-state index is -0.337. The van der Waals surface area contributed by atoms with Gasteiger partial charge in [0.1, 0.15) is 0 Å². The molecule has 2 N–H and O–H groups in total. The highest BCUT2D eigenvalue weighted by Gasteiger charge is 2.49. The predicted molar refractivity (Wildman–Crippen MR) is 55.8 cm³/mol. The van der Waals surface area contributed by atoms with E-state index in [0.717, 1.165) is 12.8 Å². The molecule has 1 aliphatic rings. The van der Waals surface area contributed by atoms with E-state index in [1.165, 1.54) is 12.8 Å². The fourth-order valence-electron chi connectivity index (χ4n) is 2.36. The Morgan fingerprint density at radius 3 is 2.57 bits per heavy atom. The van der Waals surface area contributed by atoms with Gasteiger partial charge < -0.3 is 10.5 Å². The molecule has 1 saturated carbocycles. The Morgan fingerprint density at radius 2 is 2.14 bits per heavy atom. The van der Waals surface area contributed by atoms with Gasteiger partial charge in [0.05, 0.1) is 12.0 Å². The van der Waals surface area contributed by atoms with E-state index < -0.39 is 0 Å². The molecule has 82 valence electrons. The first-order chi connectivity index (χ1) is 6.68. The maximum Gasteiger partial charge on any atom is 0.313 e. The Hall–Kier alpha value is -0.570. The molecule has 0 atom stereocenters. The van der Waals surface area contributed by atoms with Crippen molar-refractivity contribution in [1.82, 2.24) is 0 Å². The molecule has 0 aromatic rings. The second-order valence-corrected chi connectivity index (χ2v) is 4.27. The van der Waals surface area contributed by atoms with Crippen molar-refractivity contribution in [2.45, 2.75) is 39.5 Å². The highest BCUT2D eigenvalue weighted by Crippen LogP contribution is 2.47. The zero-order valence-electron chi connectivity index (χ0n) is 9.21. The van der Waals surface area contributed by atoms with Crippen LogP contribution in [0.2, 0.25) is 0 Å². The molecule has 0 amide bonds. The summed E-state index contributed by atoms with van der Waals surface area (Å²) in [4.78, 5) is 11.6. The third-order valence-electron chi connectivity index (χ3n) is 3.15. The summed E-state index contributed by atoms with van der Waals surface area (Å²) < 4.78 is 5.05. The van der Waals surface area contributed by atoms with E-state index >= 15 is 0 Å². The quantitative estimate of drug-likeness (QED) is 0.686. The van der Waals surface area contributed by atoms with Crippen molar-refractivity contribution in [3.8, 4) is 0 Å². The lowest BCUT2D eigenvalue weighted by Gasteiger charge is -2.44. The summed E-state index contributed by atoms with van der Waals surface area (Å²) in [5, 5.41) is 0. The van der Waals surface area contributed by atoms with Gasteiger partial charge in [-0.05, 0) is 25.7 Å². The Kier molecular flexibility index (Phi) is 3.93. The number of carbonyl (C=O) groups excluding carboxylic acids is 1. The molecule has 0 bridgehead atoms. The third kappa shape index (κ3) is 2.08. The molecule has 0 aliphatic heterocycles. The minimum Gasteiger partial charge on any atom is -0.466 e. The summed E-state index contributed by atoms with van der Waals surface area (Å²) in [6.45, 7) is 4.90. The number of esters is 1. The van der Waals surface area contributed by atoms with E-state index in [-0.39, 0.29) is 11.4 Å². The van der Waals surface area contributed by atoms with Crippen LogP contribution in [0, 0.1) is 11.3 Å². The number of hydrogen-bond donors (Lipinski definition) is 1. The van der Waals surface area contributed by atoms with Crippen molar-refractivity contribution in [3.05, 3.63) is 0 Å². The summed E-state index contributed by atoms with van der Waals surface area (Å²) in [5.74, 6) is 0.600. The first-order valence-electron chi connectivity index (χ1n) is 5.55. The molecule has 1 fully saturated rings. The van der Waals surface area contributed by atoms with Crippen LogP contribution in [0.3, 0.4) is 0 Å². The van der Waals surface area contributed by atoms with Crippen molar-refractivity contribution in [2.75, 3.05) is 13.2 Å². The van der Waals surface area contributed by atoms with E-state index in [0.29, 0.717) is 19.1 Å². The lowest BCUT2D eigenvalue weighted by atomic mass is 9.60. The molecular formula is C11H21NO2. The van der Waals surface area contributed by atoms with Crippen LogP contribution in [-0.2, 0) is 9.53 Å². The maximum atomic E-state index is 11.6. The molecule has 0 aromatic heterocycles. The topological polar surface area (TPSA) is 52.3 Å². The van der Waals surface area contributed by atoms with E-state index in [2.05, 4.69) is 6.92 Å². The molecule has 3 heteroatoms. The molecule has 0 radical (unpaired) electrons. The molecular weight excluding hydrogens is 178 g/mol. The molecule has 0 heterocycles. The standard InChI is InChI=1S/C11H21NO2/c1-3-5-9-6-11(7-9,8-12)10(13)14-4-2/h9H,3-8,12H2,1-2H3. The van der Waals surface area contributed by atoms with Gasteiger partial charge in [0, 0.05) is 6.54 Å². The highest BCUT2D eigenvalue weighted by atomic mass is 16.5. The zero-order valence-corrected chi connectivity index (χ0v) is 9.21. The first kappa shape index (κ1) is 11.5. The molecule has 1 rings (SSSR count). The zero-order chi connectivity index (χ0) is 10.6. The second-order valence-electron chi connectivity index (χ2n) is 4.27. The number of ether oxygens (including phenoxy) is 1. The van der Waals surface area contributed by atoms with Crippen molar-refractivity contribution in [2.24, 2.45) is 17.1 Å². The average Bonchev–Trinajstić information content (AvgIpc) is 2.11. The minimum absolute atomic E-state index is 0.0881. The molecule has 1 aliphatic carbocycles. The fourth-order valence-corrected chi connectivity index (χ4v) is 2.36. The molecule has 0 spiro atoms. The van der Waals surface area contributed by atoms with E-state index in [1.807, 2.05) is 6.92 Å². The summed E-state index contributed by atoms with van der Waals surface area (Å²) in [7, 11) is 0. The average molecular weight is 199 g/mol. The van der Waals surface area contributed by atoms with Gasteiger partial charge >= 0.3 is 5.97 Å². The molecule has 0 unspecified atom stereocenters. The van der Waals surface area contributed by atoms with Gasteiger partial charge in [0.15, 0.2) is 0 Å². The maximum absolute atomic E-state index is 11.6. The largest absolute Gasteiger partial charge is 0.466 e. The normalized spacial score (nSPS) is 30.9. The number of carbonyl (C=O) groups is 1. The van der Waals surface area contributed by atoms with Crippen LogP contribution in [0.4, 0.5) is 0 Å². The monoisotopic (exact) mass is 199 g/mol. The molecule has 3 nitrogen and oxygen atoms in total. The van der Waals surface area contributed by atoms with Crippen LogP contribution in [0.15, 0.2) is 0 Å². The summed E-state index contributed by atoms with van der Waals surface area (Å²) in [5.41, 5.74) is 5.32. The molecule has 0 aromatic carbocycles. The lowest BCUT2D eigenvalue weighted by Crippen LogP contribution is -2.50. The Balaban J connectivity index is 2.44. The Labute approximate surface area is 86.0 Å². The van der Waals surface area contributed by atoms with Crippen LogP contribution in [0.25, 0.3) is 0 Å². The summed E-state index contributed by atoms with van der Waals surface area (Å²) in [6.07, 6.45) is 4.25. The fraction of sp³-hybridized carbons (Fsp3) is 0.909. The van der Waals surface area contributed by atoms with Crippen molar-refractivity contribution < 1.29 is 9.53 Å². The summed E-state index contributed by atoms with van der Waals surface area (Å²) in [6, 6.07) is 0. The highest BCUT2D eigenvalue weighted by molar-refractivity contribution is 5.78. The van der Waals surface area contributed by atoms with Crippen molar-refractivity contribution in [3.63, 3.8) is 0 Å². The second kappa shape index (κ2) is 4.78. The van der Waals surface area contributed by atoms with Gasteiger partial charge in [-0.15, -0.1) is 0 Å². The first-order valence-corrected chi connectivity index (χ1v) is 5.55. The van der Waals surface area contributed by atoms with Gasteiger partial charge in [0.2, 0.25) is 0 Å². The molecule has 0 saturated heterocycles. The number of rotatable bonds is 5. The number of hydrogen-bond acceptors (Lipinski definition) is 3. The van der Waals surface area contributed by atoms with E-state index in [9.17, 15) is 4.79 Å². The van der Waals surface area contributed by atoms with Crippen LogP contribution >= 0.6 is 0 Å². The van der Waals surface area contributed by atoms with Gasteiger partial charge in [-0.25, -0.2) is 0 Å². The summed E-state index contributed by atoms with van der Waals surface area (Å²) >= 11 is 0. The lowest BCUT2D eigenvalue weighted by molar-refractivity contribution is -0.164. The number of nitrogens with two attached hydrogens (primary N) is 1. The van der Waals surface area contributed by atoms with Gasteiger partial charge in [-0.1, -0.05) is 19.8 Å². The van der Waals surface area contributed by atoms with Crippen LogP contribution in [-0.4, -0.2) is 19.1 Å². The van der Waals surface area contributed by atoms with E-state index in [4.69, 9.17) is 10.5 Å². The molecule has 14 heavy (non-hydrogen) atoms. The van der Waals surface area contributed by atoms with Crippen molar-refractivity contribution in [1.29, 1.82) is 0 Å². The predicted octanol–water partition coefficient (Wildman–Crippen LogP) is 1.70. The van der Waals surface area contributed by atoms with Gasteiger partial charge in [-0.2, -0.15) is 0 Å². The van der Waals surface area contributed by atoms with Gasteiger partial charge in [0.25, 0.3) is 0 Å². The Morgan fingerprint density at radius 1 is 1.50 bits per heavy atom. The van der Waals surface area contributed by atoms with E-state index in [1.54, 1.807) is 0 Å². The third-order valence-corrected chi connectivity index (χ3v) is 3.15.